The molecule has 1 aliphatic carbocycles. The molecule has 0 aromatic rings. The fourth-order valence-electron chi connectivity index (χ4n) is 0.702. The summed E-state index contributed by atoms with van der Waals surface area (Å²) >= 11 is 0. The third kappa shape index (κ3) is 1.86. The SMILES string of the molecule is C=CCOC1C=CC=C1. The molecule has 48 valence electrons. The molecule has 0 fully saturated rings. The Kier molecular flexibility index (Phi) is 2.28. The predicted octanol–water partition coefficient (Wildman–Crippen LogP) is 1.68. The minimum atomic E-state index is 0.183. The van der Waals surface area contributed by atoms with E-state index >= 15 is 0 Å². The van der Waals surface area contributed by atoms with E-state index in [2.05, 4.69) is 6.58 Å². The van der Waals surface area contributed by atoms with Crippen molar-refractivity contribution in [3.63, 3.8) is 0 Å². The van der Waals surface area contributed by atoms with Gasteiger partial charge in [0.25, 0.3) is 0 Å². The van der Waals surface area contributed by atoms with E-state index in [1.54, 1.807) is 6.08 Å². The van der Waals surface area contributed by atoms with E-state index in [4.69, 9.17) is 4.74 Å². The van der Waals surface area contributed by atoms with Crippen LogP contribution in [-0.4, -0.2) is 12.7 Å². The second kappa shape index (κ2) is 3.25. The molecule has 1 nitrogen and oxygen atoms in total. The van der Waals surface area contributed by atoms with E-state index in [-0.39, 0.29) is 6.10 Å². The van der Waals surface area contributed by atoms with Crippen molar-refractivity contribution in [3.8, 4) is 0 Å². The first kappa shape index (κ1) is 6.30. The molecule has 1 aliphatic rings. The standard InChI is InChI=1S/C8H10O/c1-2-7-9-8-5-3-4-6-8/h2-6,8H,1,7H2. The highest BCUT2D eigenvalue weighted by Crippen LogP contribution is 2.03. The Morgan fingerprint density at radius 3 is 2.67 bits per heavy atom. The fourth-order valence-corrected chi connectivity index (χ4v) is 0.702. The minimum absolute atomic E-state index is 0.183. The zero-order valence-corrected chi connectivity index (χ0v) is 5.29. The maximum absolute atomic E-state index is 5.26. The van der Waals surface area contributed by atoms with E-state index < -0.39 is 0 Å². The van der Waals surface area contributed by atoms with Crippen LogP contribution in [0, 0.1) is 0 Å². The quantitative estimate of drug-likeness (QED) is 0.517. The van der Waals surface area contributed by atoms with Crippen LogP contribution < -0.4 is 0 Å². The Morgan fingerprint density at radius 2 is 2.11 bits per heavy atom. The molecule has 0 heterocycles. The highest BCUT2D eigenvalue weighted by Gasteiger charge is 1.99. The van der Waals surface area contributed by atoms with Gasteiger partial charge in [-0.15, -0.1) is 6.58 Å². The van der Waals surface area contributed by atoms with Crippen molar-refractivity contribution in [1.29, 1.82) is 0 Å². The van der Waals surface area contributed by atoms with Gasteiger partial charge in [0.05, 0.1) is 12.7 Å². The second-order valence-electron chi connectivity index (χ2n) is 1.86. The Bertz CT molecular complexity index is 133. The molecule has 0 atom stereocenters. The van der Waals surface area contributed by atoms with E-state index in [1.807, 2.05) is 24.3 Å². The van der Waals surface area contributed by atoms with Crippen LogP contribution >= 0.6 is 0 Å². The fraction of sp³-hybridized carbons (Fsp3) is 0.250. The summed E-state index contributed by atoms with van der Waals surface area (Å²) in [4.78, 5) is 0. The van der Waals surface area contributed by atoms with Crippen LogP contribution in [0.3, 0.4) is 0 Å². The first-order chi connectivity index (χ1) is 4.43. The lowest BCUT2D eigenvalue weighted by atomic mass is 10.4. The van der Waals surface area contributed by atoms with E-state index in [9.17, 15) is 0 Å². The topological polar surface area (TPSA) is 9.23 Å². The summed E-state index contributed by atoms with van der Waals surface area (Å²) in [6.45, 7) is 4.17. The third-order valence-corrected chi connectivity index (χ3v) is 1.12. The Morgan fingerprint density at radius 1 is 1.44 bits per heavy atom. The number of rotatable bonds is 3. The summed E-state index contributed by atoms with van der Waals surface area (Å²) in [7, 11) is 0. The van der Waals surface area contributed by atoms with E-state index in [0.717, 1.165) is 0 Å². The van der Waals surface area contributed by atoms with E-state index in [0.29, 0.717) is 6.61 Å². The molecule has 0 saturated carbocycles. The molecule has 0 N–H and O–H groups in total. The predicted molar refractivity (Wildman–Crippen MR) is 38.2 cm³/mol. The van der Waals surface area contributed by atoms with Crippen LogP contribution in [0.5, 0.6) is 0 Å². The van der Waals surface area contributed by atoms with Gasteiger partial charge in [-0.25, -0.2) is 0 Å². The van der Waals surface area contributed by atoms with E-state index in [1.165, 1.54) is 0 Å². The molecular formula is C8H10O. The molecule has 0 unspecified atom stereocenters. The summed E-state index contributed by atoms with van der Waals surface area (Å²) in [5.74, 6) is 0. The van der Waals surface area contributed by atoms with Gasteiger partial charge in [-0.2, -0.15) is 0 Å². The molecule has 0 spiro atoms. The number of hydrogen-bond acceptors (Lipinski definition) is 1. The Hall–Kier alpha value is -0.820. The lowest BCUT2D eigenvalue weighted by molar-refractivity contribution is 0.144. The van der Waals surface area contributed by atoms with Crippen LogP contribution in [0.4, 0.5) is 0 Å². The summed E-state index contributed by atoms with van der Waals surface area (Å²) in [5, 5.41) is 0. The van der Waals surface area contributed by atoms with Crippen molar-refractivity contribution in [2.45, 2.75) is 6.10 Å². The number of hydrogen-bond donors (Lipinski definition) is 0. The lowest BCUT2D eigenvalue weighted by Crippen LogP contribution is -2.03. The molecule has 0 amide bonds. The molecule has 0 radical (unpaired) electrons. The Labute approximate surface area is 55.3 Å². The highest BCUT2D eigenvalue weighted by atomic mass is 16.5. The average Bonchev–Trinajstić information content (AvgIpc) is 2.34. The molecule has 0 aromatic heterocycles. The van der Waals surface area contributed by atoms with Crippen molar-refractivity contribution in [2.24, 2.45) is 0 Å². The van der Waals surface area contributed by atoms with Crippen molar-refractivity contribution < 1.29 is 4.74 Å². The van der Waals surface area contributed by atoms with Gasteiger partial charge in [-0.3, -0.25) is 0 Å². The zero-order valence-electron chi connectivity index (χ0n) is 5.29. The molecule has 0 bridgehead atoms. The number of allylic oxidation sites excluding steroid dienone is 2. The van der Waals surface area contributed by atoms with Crippen LogP contribution in [0.1, 0.15) is 0 Å². The van der Waals surface area contributed by atoms with Gasteiger partial charge in [0.1, 0.15) is 0 Å². The van der Waals surface area contributed by atoms with Crippen LogP contribution in [-0.2, 0) is 4.74 Å². The van der Waals surface area contributed by atoms with Crippen molar-refractivity contribution in [2.75, 3.05) is 6.61 Å². The molecule has 0 saturated heterocycles. The molecule has 0 aromatic carbocycles. The van der Waals surface area contributed by atoms with Crippen LogP contribution in [0.15, 0.2) is 37.0 Å². The van der Waals surface area contributed by atoms with Gasteiger partial charge in [-0.05, 0) is 0 Å². The van der Waals surface area contributed by atoms with Gasteiger partial charge in [0.15, 0.2) is 0 Å². The van der Waals surface area contributed by atoms with Gasteiger partial charge >= 0.3 is 0 Å². The summed E-state index contributed by atoms with van der Waals surface area (Å²) in [6.07, 6.45) is 9.90. The monoisotopic (exact) mass is 122 g/mol. The smallest absolute Gasteiger partial charge is 0.0947 e. The first-order valence-corrected chi connectivity index (χ1v) is 3.01. The normalized spacial score (nSPS) is 16.9. The number of ether oxygens (including phenoxy) is 1. The van der Waals surface area contributed by atoms with Crippen LogP contribution in [0.2, 0.25) is 0 Å². The van der Waals surface area contributed by atoms with Gasteiger partial charge < -0.3 is 4.74 Å². The largest absolute Gasteiger partial charge is 0.366 e. The molecule has 9 heavy (non-hydrogen) atoms. The van der Waals surface area contributed by atoms with Gasteiger partial charge in [-0.1, -0.05) is 30.4 Å². The highest BCUT2D eigenvalue weighted by molar-refractivity contribution is 5.19. The summed E-state index contributed by atoms with van der Waals surface area (Å²) in [6, 6.07) is 0. The van der Waals surface area contributed by atoms with Gasteiger partial charge in [0, 0.05) is 0 Å². The average molecular weight is 122 g/mol. The molecule has 1 heteroatoms. The second-order valence-corrected chi connectivity index (χ2v) is 1.86. The minimum Gasteiger partial charge on any atom is -0.366 e. The summed E-state index contributed by atoms with van der Waals surface area (Å²) < 4.78 is 5.26. The van der Waals surface area contributed by atoms with Crippen LogP contribution in [0.25, 0.3) is 0 Å². The van der Waals surface area contributed by atoms with Crippen molar-refractivity contribution in [1.82, 2.24) is 0 Å². The zero-order chi connectivity index (χ0) is 6.53. The Balaban J connectivity index is 2.20. The van der Waals surface area contributed by atoms with Gasteiger partial charge in [0.2, 0.25) is 0 Å². The first-order valence-electron chi connectivity index (χ1n) is 3.01. The maximum atomic E-state index is 5.26. The van der Waals surface area contributed by atoms with Crippen molar-refractivity contribution in [3.05, 3.63) is 37.0 Å². The maximum Gasteiger partial charge on any atom is 0.0947 e. The molecule has 0 aliphatic heterocycles. The lowest BCUT2D eigenvalue weighted by Gasteiger charge is -2.02. The van der Waals surface area contributed by atoms with Crippen molar-refractivity contribution >= 4 is 0 Å². The third-order valence-electron chi connectivity index (χ3n) is 1.12. The molecular weight excluding hydrogens is 112 g/mol. The molecule has 1 rings (SSSR count). The summed E-state index contributed by atoms with van der Waals surface area (Å²) in [5.41, 5.74) is 0.